The third kappa shape index (κ3) is 3.54. The minimum absolute atomic E-state index is 0.103. The highest BCUT2D eigenvalue weighted by atomic mass is 31.2. The normalized spacial score (nSPS) is 13.4. The molecule has 0 aromatic heterocycles. The molecule has 1 atom stereocenters. The average molecular weight is 261 g/mol. The van der Waals surface area contributed by atoms with Gasteiger partial charge in [0, 0.05) is 0 Å². The van der Waals surface area contributed by atoms with Gasteiger partial charge < -0.3 is 25.7 Å². The summed E-state index contributed by atoms with van der Waals surface area (Å²) in [6.45, 7) is 0. The van der Waals surface area contributed by atoms with E-state index in [4.69, 9.17) is 25.7 Å². The summed E-state index contributed by atoms with van der Waals surface area (Å²) in [6.07, 6.45) is -0.226. The van der Waals surface area contributed by atoms with Crippen LogP contribution < -0.4 is 11.0 Å². The van der Waals surface area contributed by atoms with Crippen molar-refractivity contribution in [2.24, 2.45) is 5.73 Å². The summed E-state index contributed by atoms with van der Waals surface area (Å²) in [4.78, 5) is 28.7. The number of rotatable bonds is 4. The molecule has 1 aromatic rings. The number of benzene rings is 1. The first-order chi connectivity index (χ1) is 7.71. The van der Waals surface area contributed by atoms with Crippen LogP contribution in [0.4, 0.5) is 0 Å². The van der Waals surface area contributed by atoms with Crippen LogP contribution in [-0.4, -0.2) is 32.0 Å². The van der Waals surface area contributed by atoms with Crippen molar-refractivity contribution >= 4 is 18.9 Å². The molecule has 94 valence electrons. The van der Waals surface area contributed by atoms with E-state index in [0.29, 0.717) is 0 Å². The molecule has 1 rings (SSSR count). The van der Waals surface area contributed by atoms with Gasteiger partial charge in [-0.25, -0.2) is 0 Å². The van der Waals surface area contributed by atoms with Gasteiger partial charge >= 0.3 is 13.6 Å². The Bertz CT molecular complexity index is 482. The zero-order valence-electron chi connectivity index (χ0n) is 8.65. The van der Waals surface area contributed by atoms with Gasteiger partial charge in [-0.15, -0.1) is 0 Å². The topological polar surface area (TPSA) is 141 Å². The zero-order valence-corrected chi connectivity index (χ0v) is 9.54. The number of carboxylic acids is 1. The molecule has 0 bridgehead atoms. The van der Waals surface area contributed by atoms with Gasteiger partial charge in [0.1, 0.15) is 11.8 Å². The number of aromatic hydroxyl groups is 1. The Morgan fingerprint density at radius 1 is 1.41 bits per heavy atom. The number of carbonyl (C=O) groups is 1. The lowest BCUT2D eigenvalue weighted by atomic mass is 10.1. The van der Waals surface area contributed by atoms with Gasteiger partial charge in [-0.1, -0.05) is 6.07 Å². The van der Waals surface area contributed by atoms with Gasteiger partial charge in [-0.05, 0) is 24.1 Å². The van der Waals surface area contributed by atoms with Crippen molar-refractivity contribution in [3.63, 3.8) is 0 Å². The van der Waals surface area contributed by atoms with Crippen LogP contribution in [-0.2, 0) is 15.8 Å². The minimum Gasteiger partial charge on any atom is -0.508 e. The van der Waals surface area contributed by atoms with Crippen LogP contribution in [0.1, 0.15) is 5.56 Å². The molecule has 0 radical (unpaired) electrons. The maximum atomic E-state index is 11.2. The summed E-state index contributed by atoms with van der Waals surface area (Å²) in [5.74, 6) is -1.58. The van der Waals surface area contributed by atoms with Crippen molar-refractivity contribution in [1.82, 2.24) is 0 Å². The molecule has 0 saturated heterocycles. The van der Waals surface area contributed by atoms with Crippen LogP contribution in [0.3, 0.4) is 0 Å². The molecule has 0 saturated carbocycles. The molecule has 0 amide bonds. The van der Waals surface area contributed by atoms with E-state index in [1.165, 1.54) is 12.1 Å². The highest BCUT2D eigenvalue weighted by Gasteiger charge is 2.24. The summed E-state index contributed by atoms with van der Waals surface area (Å²) in [5.41, 5.74) is 5.39. The lowest BCUT2D eigenvalue weighted by Crippen LogP contribution is -2.33. The van der Waals surface area contributed by atoms with E-state index >= 15 is 0 Å². The fourth-order valence-corrected chi connectivity index (χ4v) is 2.16. The molecule has 0 spiro atoms. The Balaban J connectivity index is 3.16. The number of phenols is 1. The van der Waals surface area contributed by atoms with E-state index in [0.717, 1.165) is 6.07 Å². The number of nitrogens with two attached hydrogens (primary N) is 1. The molecule has 8 heteroatoms. The summed E-state index contributed by atoms with van der Waals surface area (Å²) < 4.78 is 11.2. The predicted molar refractivity (Wildman–Crippen MR) is 59.1 cm³/mol. The van der Waals surface area contributed by atoms with Crippen LogP contribution in [0.5, 0.6) is 5.75 Å². The van der Waals surface area contributed by atoms with Crippen molar-refractivity contribution in [3.05, 3.63) is 23.8 Å². The Labute approximate surface area is 96.7 Å². The SMILES string of the molecule is NC(Cc1ccc(O)cc1P(=O)(O)O)C(=O)O. The first-order valence-electron chi connectivity index (χ1n) is 4.58. The lowest BCUT2D eigenvalue weighted by Gasteiger charge is -2.13. The summed E-state index contributed by atoms with van der Waals surface area (Å²) in [7, 11) is -4.58. The van der Waals surface area contributed by atoms with Gasteiger partial charge in [0.2, 0.25) is 0 Å². The Morgan fingerprint density at radius 3 is 2.47 bits per heavy atom. The third-order valence-electron chi connectivity index (χ3n) is 2.14. The largest absolute Gasteiger partial charge is 0.508 e. The first-order valence-corrected chi connectivity index (χ1v) is 6.19. The second-order valence-corrected chi connectivity index (χ2v) is 5.08. The van der Waals surface area contributed by atoms with E-state index in [1.54, 1.807) is 0 Å². The number of carboxylic acid groups (broad SMARTS) is 1. The van der Waals surface area contributed by atoms with Crippen LogP contribution in [0.15, 0.2) is 18.2 Å². The Kier molecular flexibility index (Phi) is 3.90. The molecule has 0 aliphatic carbocycles. The number of hydrogen-bond donors (Lipinski definition) is 5. The quantitative estimate of drug-likeness (QED) is 0.444. The van der Waals surface area contributed by atoms with Crippen LogP contribution >= 0.6 is 7.60 Å². The van der Waals surface area contributed by atoms with Crippen molar-refractivity contribution in [2.75, 3.05) is 0 Å². The van der Waals surface area contributed by atoms with Crippen molar-refractivity contribution in [1.29, 1.82) is 0 Å². The summed E-state index contributed by atoms with van der Waals surface area (Å²) in [5, 5.41) is 17.4. The van der Waals surface area contributed by atoms with Crippen LogP contribution in [0.25, 0.3) is 0 Å². The van der Waals surface area contributed by atoms with Crippen LogP contribution in [0, 0.1) is 0 Å². The molecule has 17 heavy (non-hydrogen) atoms. The molecule has 0 heterocycles. The Morgan fingerprint density at radius 2 is 2.00 bits per heavy atom. The summed E-state index contributed by atoms with van der Waals surface area (Å²) in [6, 6.07) is 2.10. The minimum atomic E-state index is -4.58. The highest BCUT2D eigenvalue weighted by molar-refractivity contribution is 7.60. The van der Waals surface area contributed by atoms with Crippen molar-refractivity contribution < 1.29 is 29.4 Å². The van der Waals surface area contributed by atoms with E-state index < -0.39 is 24.9 Å². The monoisotopic (exact) mass is 261 g/mol. The molecule has 1 unspecified atom stereocenters. The second kappa shape index (κ2) is 4.85. The molecule has 6 N–H and O–H groups in total. The standard InChI is InChI=1S/C9H12NO6P/c10-7(9(12)13)3-5-1-2-6(11)4-8(5)17(14,15)16/h1-2,4,7,11H,3,10H2,(H,12,13)(H2,14,15,16). The van der Waals surface area contributed by atoms with Gasteiger partial charge in [0.05, 0.1) is 5.30 Å². The highest BCUT2D eigenvalue weighted by Crippen LogP contribution is 2.36. The van der Waals surface area contributed by atoms with Gasteiger partial charge in [-0.2, -0.15) is 0 Å². The van der Waals surface area contributed by atoms with Gasteiger partial charge in [0.25, 0.3) is 0 Å². The van der Waals surface area contributed by atoms with E-state index in [1.807, 2.05) is 0 Å². The van der Waals surface area contributed by atoms with Crippen molar-refractivity contribution in [2.45, 2.75) is 12.5 Å². The second-order valence-electron chi connectivity index (χ2n) is 3.51. The maximum absolute atomic E-state index is 11.2. The van der Waals surface area contributed by atoms with E-state index in [2.05, 4.69) is 0 Å². The molecule has 0 aliphatic heterocycles. The molecule has 7 nitrogen and oxygen atoms in total. The van der Waals surface area contributed by atoms with Gasteiger partial charge in [-0.3, -0.25) is 9.36 Å². The van der Waals surface area contributed by atoms with Crippen molar-refractivity contribution in [3.8, 4) is 5.75 Å². The fourth-order valence-electron chi connectivity index (χ4n) is 1.32. The number of phenolic OH excluding ortho intramolecular Hbond substituents is 1. The van der Waals surface area contributed by atoms with Gasteiger partial charge in [0.15, 0.2) is 0 Å². The van der Waals surface area contributed by atoms with E-state index in [-0.39, 0.29) is 17.7 Å². The number of aliphatic carboxylic acids is 1. The summed E-state index contributed by atoms with van der Waals surface area (Å²) >= 11 is 0. The zero-order chi connectivity index (χ0) is 13.2. The molecule has 0 aliphatic rings. The average Bonchev–Trinajstić information content (AvgIpc) is 2.18. The molecule has 0 fully saturated rings. The molecular weight excluding hydrogens is 249 g/mol. The fraction of sp³-hybridized carbons (Fsp3) is 0.222. The van der Waals surface area contributed by atoms with Crippen LogP contribution in [0.2, 0.25) is 0 Å². The third-order valence-corrected chi connectivity index (χ3v) is 3.18. The molecular formula is C9H12NO6P. The predicted octanol–water partition coefficient (Wildman–Crippen LogP) is -0.850. The first kappa shape index (κ1) is 13.7. The smallest absolute Gasteiger partial charge is 0.356 e. The maximum Gasteiger partial charge on any atom is 0.356 e. The number of hydrogen-bond acceptors (Lipinski definition) is 4. The molecule has 1 aromatic carbocycles. The Hall–Kier alpha value is -1.40. The lowest BCUT2D eigenvalue weighted by molar-refractivity contribution is -0.138. The van der Waals surface area contributed by atoms with E-state index in [9.17, 15) is 9.36 Å².